The Morgan fingerprint density at radius 3 is 2.36 bits per heavy atom. The third kappa shape index (κ3) is 2.72. The Morgan fingerprint density at radius 1 is 0.909 bits per heavy atom. The fraction of sp³-hybridized carbons (Fsp3) is 0.125. The molecule has 22 heavy (non-hydrogen) atoms. The highest BCUT2D eigenvalue weighted by Crippen LogP contribution is 2.32. The van der Waals surface area contributed by atoms with E-state index < -0.39 is 11.7 Å². The van der Waals surface area contributed by atoms with E-state index in [0.717, 1.165) is 28.6 Å². The predicted octanol–water partition coefficient (Wildman–Crippen LogP) is 4.70. The topological polar surface area (TPSA) is 37.8 Å². The van der Waals surface area contributed by atoms with E-state index in [1.165, 1.54) is 6.07 Å². The van der Waals surface area contributed by atoms with Gasteiger partial charge in [-0.1, -0.05) is 30.3 Å². The van der Waals surface area contributed by atoms with Crippen molar-refractivity contribution in [3.8, 4) is 0 Å². The van der Waals surface area contributed by atoms with E-state index >= 15 is 0 Å². The fourth-order valence-electron chi connectivity index (χ4n) is 2.24. The molecule has 3 rings (SSSR count). The summed E-state index contributed by atoms with van der Waals surface area (Å²) in [6, 6.07) is 12.5. The summed E-state index contributed by atoms with van der Waals surface area (Å²) in [6.45, 7) is 1.84. The Balaban J connectivity index is 2.03. The van der Waals surface area contributed by atoms with Crippen LogP contribution >= 0.6 is 0 Å². The first kappa shape index (κ1) is 14.3. The first-order valence-corrected chi connectivity index (χ1v) is 6.61. The number of rotatable bonds is 2. The molecular weight excluding hydrogens is 291 g/mol. The molecule has 0 fully saturated rings. The van der Waals surface area contributed by atoms with Crippen molar-refractivity contribution in [3.05, 3.63) is 59.8 Å². The lowest BCUT2D eigenvalue weighted by Crippen LogP contribution is -2.05. The summed E-state index contributed by atoms with van der Waals surface area (Å²) < 4.78 is 38.3. The van der Waals surface area contributed by atoms with E-state index in [1.54, 1.807) is 6.07 Å². The van der Waals surface area contributed by atoms with Gasteiger partial charge in [0.1, 0.15) is 0 Å². The summed E-state index contributed by atoms with van der Waals surface area (Å²) in [5.74, 6) is 0.431. The molecule has 112 valence electrons. The number of anilines is 2. The fourth-order valence-corrected chi connectivity index (χ4v) is 2.24. The highest BCUT2D eigenvalue weighted by Gasteiger charge is 2.30. The molecule has 0 aliphatic heterocycles. The van der Waals surface area contributed by atoms with E-state index in [0.29, 0.717) is 11.5 Å². The number of nitrogens with zero attached hydrogens (tertiary/aromatic N) is 2. The molecule has 3 nitrogen and oxygen atoms in total. The van der Waals surface area contributed by atoms with Crippen molar-refractivity contribution < 1.29 is 13.2 Å². The second-order valence-electron chi connectivity index (χ2n) is 4.88. The van der Waals surface area contributed by atoms with Crippen LogP contribution in [0.4, 0.5) is 24.7 Å². The van der Waals surface area contributed by atoms with Gasteiger partial charge in [-0.05, 0) is 25.1 Å². The zero-order chi connectivity index (χ0) is 15.7. The number of fused-ring (bicyclic) bond motifs is 1. The van der Waals surface area contributed by atoms with Gasteiger partial charge in [-0.15, -0.1) is 5.10 Å². The summed E-state index contributed by atoms with van der Waals surface area (Å²) in [4.78, 5) is 0. The van der Waals surface area contributed by atoms with Crippen LogP contribution < -0.4 is 5.32 Å². The Bertz CT molecular complexity index is 828. The molecule has 1 heterocycles. The molecule has 2 aromatic carbocycles. The molecule has 1 N–H and O–H groups in total. The van der Waals surface area contributed by atoms with E-state index in [4.69, 9.17) is 0 Å². The second kappa shape index (κ2) is 5.29. The minimum atomic E-state index is -4.38. The summed E-state index contributed by atoms with van der Waals surface area (Å²) in [5.41, 5.74) is 0.380. The van der Waals surface area contributed by atoms with Gasteiger partial charge >= 0.3 is 6.18 Å². The third-order valence-electron chi connectivity index (χ3n) is 3.32. The third-order valence-corrected chi connectivity index (χ3v) is 3.32. The molecule has 0 radical (unpaired) electrons. The SMILES string of the molecule is Cc1nnc(Nc2cccc(C(F)(F)F)c2)c2ccccc12. The van der Waals surface area contributed by atoms with Gasteiger partial charge in [0, 0.05) is 16.5 Å². The highest BCUT2D eigenvalue weighted by atomic mass is 19.4. The number of hydrogen-bond donors (Lipinski definition) is 1. The second-order valence-corrected chi connectivity index (χ2v) is 4.88. The normalized spacial score (nSPS) is 11.6. The van der Waals surface area contributed by atoms with Crippen molar-refractivity contribution in [1.29, 1.82) is 0 Å². The van der Waals surface area contributed by atoms with Crippen molar-refractivity contribution >= 4 is 22.3 Å². The monoisotopic (exact) mass is 303 g/mol. The van der Waals surface area contributed by atoms with Crippen molar-refractivity contribution in [2.45, 2.75) is 13.1 Å². The minimum Gasteiger partial charge on any atom is -0.338 e. The number of benzene rings is 2. The number of nitrogens with one attached hydrogen (secondary N) is 1. The molecule has 1 aromatic heterocycles. The van der Waals surface area contributed by atoms with E-state index in [9.17, 15) is 13.2 Å². The molecule has 0 aliphatic carbocycles. The van der Waals surface area contributed by atoms with E-state index in [1.807, 2.05) is 31.2 Å². The van der Waals surface area contributed by atoms with Crippen LogP contribution in [0.3, 0.4) is 0 Å². The zero-order valence-corrected chi connectivity index (χ0v) is 11.6. The molecular formula is C16H12F3N3. The Hall–Kier alpha value is -2.63. The molecule has 0 saturated carbocycles. The van der Waals surface area contributed by atoms with Gasteiger partial charge in [0.2, 0.25) is 0 Å². The van der Waals surface area contributed by atoms with Gasteiger partial charge in [0.25, 0.3) is 0 Å². The average molecular weight is 303 g/mol. The van der Waals surface area contributed by atoms with Crippen molar-refractivity contribution in [1.82, 2.24) is 10.2 Å². The maximum Gasteiger partial charge on any atom is 0.416 e. The predicted molar refractivity (Wildman–Crippen MR) is 79.0 cm³/mol. The maximum absolute atomic E-state index is 12.8. The Kier molecular flexibility index (Phi) is 3.44. The van der Waals surface area contributed by atoms with Crippen LogP contribution in [0.2, 0.25) is 0 Å². The Morgan fingerprint density at radius 2 is 1.64 bits per heavy atom. The van der Waals surface area contributed by atoms with Crippen LogP contribution in [0.5, 0.6) is 0 Å². The molecule has 0 unspecified atom stereocenters. The summed E-state index contributed by atoms with van der Waals surface area (Å²) >= 11 is 0. The number of alkyl halides is 3. The molecule has 6 heteroatoms. The molecule has 0 saturated heterocycles. The molecule has 0 aliphatic rings. The van der Waals surface area contributed by atoms with Gasteiger partial charge in [-0.3, -0.25) is 0 Å². The first-order chi connectivity index (χ1) is 10.4. The van der Waals surface area contributed by atoms with Crippen LogP contribution in [0.1, 0.15) is 11.3 Å². The lowest BCUT2D eigenvalue weighted by Gasteiger charge is -2.12. The lowest BCUT2D eigenvalue weighted by molar-refractivity contribution is -0.137. The smallest absolute Gasteiger partial charge is 0.338 e. The van der Waals surface area contributed by atoms with Crippen LogP contribution in [-0.2, 0) is 6.18 Å². The van der Waals surface area contributed by atoms with Crippen LogP contribution in [0, 0.1) is 6.92 Å². The van der Waals surface area contributed by atoms with Gasteiger partial charge in [0.15, 0.2) is 5.82 Å². The lowest BCUT2D eigenvalue weighted by atomic mass is 10.1. The average Bonchev–Trinajstić information content (AvgIpc) is 2.50. The van der Waals surface area contributed by atoms with Crippen molar-refractivity contribution in [2.75, 3.05) is 5.32 Å². The molecule has 0 atom stereocenters. The van der Waals surface area contributed by atoms with E-state index in [-0.39, 0.29) is 0 Å². The first-order valence-electron chi connectivity index (χ1n) is 6.61. The number of aryl methyl sites for hydroxylation is 1. The van der Waals surface area contributed by atoms with Gasteiger partial charge in [-0.2, -0.15) is 18.3 Å². The quantitative estimate of drug-likeness (QED) is 0.745. The summed E-state index contributed by atoms with van der Waals surface area (Å²) in [7, 11) is 0. The largest absolute Gasteiger partial charge is 0.416 e. The standard InChI is InChI=1S/C16H12F3N3/c1-10-13-7-2-3-8-14(13)15(22-21-10)20-12-6-4-5-11(9-12)16(17,18)19/h2-9H,1H3,(H,20,22). The molecule has 0 bridgehead atoms. The highest BCUT2D eigenvalue weighted by molar-refractivity contribution is 5.94. The van der Waals surface area contributed by atoms with Gasteiger partial charge in [-0.25, -0.2) is 0 Å². The number of hydrogen-bond acceptors (Lipinski definition) is 3. The maximum atomic E-state index is 12.8. The number of aromatic nitrogens is 2. The van der Waals surface area contributed by atoms with Crippen molar-refractivity contribution in [2.24, 2.45) is 0 Å². The van der Waals surface area contributed by atoms with Crippen LogP contribution in [0.15, 0.2) is 48.5 Å². The van der Waals surface area contributed by atoms with Gasteiger partial charge in [0.05, 0.1) is 11.3 Å². The van der Waals surface area contributed by atoms with E-state index in [2.05, 4.69) is 15.5 Å². The zero-order valence-electron chi connectivity index (χ0n) is 11.6. The van der Waals surface area contributed by atoms with Crippen LogP contribution in [-0.4, -0.2) is 10.2 Å². The van der Waals surface area contributed by atoms with Gasteiger partial charge < -0.3 is 5.32 Å². The van der Waals surface area contributed by atoms with Crippen molar-refractivity contribution in [3.63, 3.8) is 0 Å². The Labute approximate surface area is 124 Å². The number of halogens is 3. The summed E-state index contributed by atoms with van der Waals surface area (Å²) in [6.07, 6.45) is -4.38. The molecule has 0 amide bonds. The molecule has 3 aromatic rings. The van der Waals surface area contributed by atoms with Crippen LogP contribution in [0.25, 0.3) is 10.8 Å². The summed E-state index contributed by atoms with van der Waals surface area (Å²) in [5, 5.41) is 12.7. The molecule has 0 spiro atoms. The minimum absolute atomic E-state index is 0.318.